The second kappa shape index (κ2) is 8.26. The van der Waals surface area contributed by atoms with Crippen LogP contribution in [-0.4, -0.2) is 14.2 Å². The van der Waals surface area contributed by atoms with Gasteiger partial charge in [0.2, 0.25) is 0 Å². The Bertz CT molecular complexity index is 803. The molecule has 3 aromatic rings. The molecule has 0 bridgehead atoms. The Morgan fingerprint density at radius 2 is 1.00 bits per heavy atom. The standard InChI is InChI=1S/C23H23NO2/c1-4-5-18-6-8-19(9-7-18)24(20-10-14-22(25-2)15-11-20)21-12-16-23(26-3)17-13-21/h4-17H,1-3H3/b5-4+. The molecular formula is C23H23NO2. The van der Waals surface area contributed by atoms with E-state index in [2.05, 4.69) is 59.5 Å². The first-order valence-electron chi connectivity index (χ1n) is 8.56. The molecule has 0 heterocycles. The SMILES string of the molecule is C/C=C/c1ccc(N(c2ccc(OC)cc2)c2ccc(OC)cc2)cc1. The molecule has 0 aliphatic rings. The summed E-state index contributed by atoms with van der Waals surface area (Å²) in [7, 11) is 3.35. The average molecular weight is 345 g/mol. The van der Waals surface area contributed by atoms with E-state index in [1.54, 1.807) is 14.2 Å². The predicted octanol–water partition coefficient (Wildman–Crippen LogP) is 6.21. The second-order valence-corrected chi connectivity index (χ2v) is 5.82. The molecule has 3 aromatic carbocycles. The lowest BCUT2D eigenvalue weighted by Gasteiger charge is -2.26. The van der Waals surface area contributed by atoms with Crippen LogP contribution < -0.4 is 14.4 Å². The third-order valence-electron chi connectivity index (χ3n) is 4.17. The molecule has 3 nitrogen and oxygen atoms in total. The number of benzene rings is 3. The molecule has 0 amide bonds. The fourth-order valence-corrected chi connectivity index (χ4v) is 2.84. The number of allylic oxidation sites excluding steroid dienone is 1. The van der Waals surface area contributed by atoms with Crippen LogP contribution >= 0.6 is 0 Å². The van der Waals surface area contributed by atoms with Crippen molar-refractivity contribution < 1.29 is 9.47 Å². The maximum atomic E-state index is 5.29. The van der Waals surface area contributed by atoms with Gasteiger partial charge in [-0.15, -0.1) is 0 Å². The fraction of sp³-hybridized carbons (Fsp3) is 0.130. The molecule has 3 heteroatoms. The highest BCUT2D eigenvalue weighted by molar-refractivity contribution is 5.77. The first-order chi connectivity index (χ1) is 12.7. The summed E-state index contributed by atoms with van der Waals surface area (Å²) >= 11 is 0. The summed E-state index contributed by atoms with van der Waals surface area (Å²) in [6, 6.07) is 24.6. The summed E-state index contributed by atoms with van der Waals surface area (Å²) in [6.45, 7) is 2.02. The van der Waals surface area contributed by atoms with E-state index in [1.165, 1.54) is 5.56 Å². The third-order valence-corrected chi connectivity index (χ3v) is 4.17. The molecule has 132 valence electrons. The first kappa shape index (κ1) is 17.6. The first-order valence-corrected chi connectivity index (χ1v) is 8.56. The average Bonchev–Trinajstić information content (AvgIpc) is 2.71. The molecule has 0 fully saturated rings. The lowest BCUT2D eigenvalue weighted by molar-refractivity contribution is 0.415. The lowest BCUT2D eigenvalue weighted by Crippen LogP contribution is -2.09. The third kappa shape index (κ3) is 3.89. The van der Waals surface area contributed by atoms with E-state index in [-0.39, 0.29) is 0 Å². The second-order valence-electron chi connectivity index (χ2n) is 5.82. The van der Waals surface area contributed by atoms with Gasteiger partial charge in [0.05, 0.1) is 14.2 Å². The van der Waals surface area contributed by atoms with Crippen LogP contribution in [0.4, 0.5) is 17.1 Å². The Morgan fingerprint density at radius 3 is 1.35 bits per heavy atom. The van der Waals surface area contributed by atoms with Gasteiger partial charge in [-0.25, -0.2) is 0 Å². The summed E-state index contributed by atoms with van der Waals surface area (Å²) in [5.41, 5.74) is 4.40. The van der Waals surface area contributed by atoms with Crippen molar-refractivity contribution in [2.24, 2.45) is 0 Å². The molecule has 3 rings (SSSR count). The van der Waals surface area contributed by atoms with Crippen LogP contribution in [0.15, 0.2) is 78.9 Å². The van der Waals surface area contributed by atoms with E-state index in [0.717, 1.165) is 28.6 Å². The summed E-state index contributed by atoms with van der Waals surface area (Å²) < 4.78 is 10.6. The maximum Gasteiger partial charge on any atom is 0.119 e. The zero-order valence-corrected chi connectivity index (χ0v) is 15.3. The lowest BCUT2D eigenvalue weighted by atomic mass is 10.1. The molecule has 26 heavy (non-hydrogen) atoms. The van der Waals surface area contributed by atoms with E-state index >= 15 is 0 Å². The minimum atomic E-state index is 0.840. The monoisotopic (exact) mass is 345 g/mol. The quantitative estimate of drug-likeness (QED) is 0.530. The van der Waals surface area contributed by atoms with Gasteiger partial charge in [0.25, 0.3) is 0 Å². The maximum absolute atomic E-state index is 5.29. The molecule has 0 radical (unpaired) electrons. The molecule has 0 aromatic heterocycles. The number of anilines is 3. The largest absolute Gasteiger partial charge is 0.497 e. The van der Waals surface area contributed by atoms with Crippen LogP contribution in [0.2, 0.25) is 0 Å². The Morgan fingerprint density at radius 1 is 0.615 bits per heavy atom. The molecule has 0 saturated heterocycles. The van der Waals surface area contributed by atoms with Crippen LogP contribution in [-0.2, 0) is 0 Å². The van der Waals surface area contributed by atoms with Crippen molar-refractivity contribution >= 4 is 23.1 Å². The van der Waals surface area contributed by atoms with Crippen molar-refractivity contribution in [1.29, 1.82) is 0 Å². The fourth-order valence-electron chi connectivity index (χ4n) is 2.84. The van der Waals surface area contributed by atoms with Gasteiger partial charge in [-0.2, -0.15) is 0 Å². The molecule has 0 unspecified atom stereocenters. The Hall–Kier alpha value is -3.20. The van der Waals surface area contributed by atoms with Crippen molar-refractivity contribution in [3.8, 4) is 11.5 Å². The van der Waals surface area contributed by atoms with Crippen LogP contribution in [0.1, 0.15) is 12.5 Å². The molecule has 0 atom stereocenters. The van der Waals surface area contributed by atoms with Gasteiger partial charge in [0.15, 0.2) is 0 Å². The van der Waals surface area contributed by atoms with Gasteiger partial charge in [0, 0.05) is 17.1 Å². The van der Waals surface area contributed by atoms with Crippen LogP contribution in [0.3, 0.4) is 0 Å². The highest BCUT2D eigenvalue weighted by Gasteiger charge is 2.12. The molecular weight excluding hydrogens is 322 g/mol. The van der Waals surface area contributed by atoms with E-state index in [9.17, 15) is 0 Å². The number of rotatable bonds is 6. The van der Waals surface area contributed by atoms with Crippen LogP contribution in [0, 0.1) is 0 Å². The Kier molecular flexibility index (Phi) is 5.59. The summed E-state index contributed by atoms with van der Waals surface area (Å²) in [6.07, 6.45) is 4.13. The summed E-state index contributed by atoms with van der Waals surface area (Å²) in [5, 5.41) is 0. The minimum absolute atomic E-state index is 0.840. The minimum Gasteiger partial charge on any atom is -0.497 e. The number of ether oxygens (including phenoxy) is 2. The topological polar surface area (TPSA) is 21.7 Å². The zero-order chi connectivity index (χ0) is 18.4. The van der Waals surface area contributed by atoms with Gasteiger partial charge < -0.3 is 14.4 Å². The number of methoxy groups -OCH3 is 2. The number of hydrogen-bond acceptors (Lipinski definition) is 3. The van der Waals surface area contributed by atoms with Gasteiger partial charge in [0.1, 0.15) is 11.5 Å². The molecule has 0 aliphatic heterocycles. The smallest absolute Gasteiger partial charge is 0.119 e. The van der Waals surface area contributed by atoms with Crippen molar-refractivity contribution in [1.82, 2.24) is 0 Å². The van der Waals surface area contributed by atoms with Crippen molar-refractivity contribution in [2.45, 2.75) is 6.92 Å². The molecule has 0 saturated carbocycles. The van der Waals surface area contributed by atoms with Gasteiger partial charge in [-0.05, 0) is 73.2 Å². The highest BCUT2D eigenvalue weighted by atomic mass is 16.5. The van der Waals surface area contributed by atoms with E-state index in [0.29, 0.717) is 0 Å². The normalized spacial score (nSPS) is 10.7. The van der Waals surface area contributed by atoms with E-state index < -0.39 is 0 Å². The van der Waals surface area contributed by atoms with Crippen molar-refractivity contribution in [3.63, 3.8) is 0 Å². The predicted molar refractivity (Wildman–Crippen MR) is 109 cm³/mol. The van der Waals surface area contributed by atoms with Crippen molar-refractivity contribution in [2.75, 3.05) is 19.1 Å². The van der Waals surface area contributed by atoms with Crippen molar-refractivity contribution in [3.05, 3.63) is 84.4 Å². The van der Waals surface area contributed by atoms with Crippen LogP contribution in [0.25, 0.3) is 6.08 Å². The van der Waals surface area contributed by atoms with E-state index in [4.69, 9.17) is 9.47 Å². The van der Waals surface area contributed by atoms with Gasteiger partial charge in [-0.3, -0.25) is 0 Å². The van der Waals surface area contributed by atoms with Gasteiger partial charge >= 0.3 is 0 Å². The molecule has 0 spiro atoms. The van der Waals surface area contributed by atoms with Crippen LogP contribution in [0.5, 0.6) is 11.5 Å². The molecule has 0 aliphatic carbocycles. The summed E-state index contributed by atoms with van der Waals surface area (Å²) in [4.78, 5) is 2.21. The van der Waals surface area contributed by atoms with E-state index in [1.807, 2.05) is 37.3 Å². The highest BCUT2D eigenvalue weighted by Crippen LogP contribution is 2.36. The number of hydrogen-bond donors (Lipinski definition) is 0. The summed E-state index contributed by atoms with van der Waals surface area (Å²) in [5.74, 6) is 1.68. The zero-order valence-electron chi connectivity index (χ0n) is 15.3. The Balaban J connectivity index is 2.04. The van der Waals surface area contributed by atoms with Gasteiger partial charge in [-0.1, -0.05) is 24.3 Å². The number of nitrogens with zero attached hydrogens (tertiary/aromatic N) is 1. The molecule has 0 N–H and O–H groups in total. The Labute approximate surface area is 155 Å².